The molecule has 0 amide bonds. The van der Waals surface area contributed by atoms with Gasteiger partial charge in [0.1, 0.15) is 22.8 Å². The lowest BCUT2D eigenvalue weighted by molar-refractivity contribution is -0.135. The van der Waals surface area contributed by atoms with Crippen molar-refractivity contribution in [3.8, 4) is 28.7 Å². The molecule has 1 aromatic heterocycles. The Bertz CT molecular complexity index is 1760. The zero-order valence-electron chi connectivity index (χ0n) is 21.2. The molecule has 196 valence electrons. The molecule has 1 unspecified atom stereocenters. The number of rotatable bonds is 5. The number of hydrogen-bond donors (Lipinski definition) is 0. The average molecular weight is 526 g/mol. The van der Waals surface area contributed by atoms with Crippen LogP contribution in [0.4, 0.5) is 0 Å². The van der Waals surface area contributed by atoms with Gasteiger partial charge in [0.15, 0.2) is 22.7 Å². The molecule has 0 bridgehead atoms. The summed E-state index contributed by atoms with van der Waals surface area (Å²) in [6, 6.07) is 13.2. The van der Waals surface area contributed by atoms with Gasteiger partial charge in [0.05, 0.1) is 45.0 Å². The number of esters is 1. The maximum absolute atomic E-state index is 13.6. The molecule has 0 N–H and O–H groups in total. The van der Waals surface area contributed by atoms with E-state index in [4.69, 9.17) is 28.1 Å². The Morgan fingerprint density at radius 2 is 1.69 bits per heavy atom. The number of hydrogen-bond acceptors (Lipinski definition) is 9. The van der Waals surface area contributed by atoms with Crippen molar-refractivity contribution in [3.63, 3.8) is 0 Å². The van der Waals surface area contributed by atoms with Gasteiger partial charge in [0.25, 0.3) is 0 Å². The van der Waals surface area contributed by atoms with Crippen LogP contribution in [0.25, 0.3) is 17.0 Å². The third-order valence-electron chi connectivity index (χ3n) is 6.87. The number of carbonyl (C=O) groups excluding carboxylic acids is 2. The van der Waals surface area contributed by atoms with Crippen LogP contribution in [0.1, 0.15) is 39.4 Å². The molecule has 9 heteroatoms. The lowest BCUT2D eigenvalue weighted by Crippen LogP contribution is -2.25. The van der Waals surface area contributed by atoms with Crippen molar-refractivity contribution >= 4 is 28.8 Å². The lowest BCUT2D eigenvalue weighted by Gasteiger charge is -2.25. The van der Waals surface area contributed by atoms with Crippen molar-refractivity contribution in [1.29, 1.82) is 0 Å². The zero-order valence-corrected chi connectivity index (χ0v) is 21.2. The van der Waals surface area contributed by atoms with E-state index in [9.17, 15) is 14.4 Å². The maximum atomic E-state index is 13.6. The van der Waals surface area contributed by atoms with Gasteiger partial charge < -0.3 is 28.1 Å². The molecule has 2 aliphatic rings. The molecule has 1 atom stereocenters. The Balaban J connectivity index is 1.46. The molecule has 3 heterocycles. The molecule has 3 aromatic carbocycles. The van der Waals surface area contributed by atoms with Crippen molar-refractivity contribution in [3.05, 3.63) is 93.0 Å². The van der Waals surface area contributed by atoms with E-state index in [1.165, 1.54) is 27.6 Å². The number of ether oxygens (including phenoxy) is 5. The molecule has 0 radical (unpaired) electrons. The second kappa shape index (κ2) is 9.36. The van der Waals surface area contributed by atoms with Gasteiger partial charge in [-0.05, 0) is 54.1 Å². The van der Waals surface area contributed by atoms with Crippen molar-refractivity contribution < 1.29 is 37.7 Å². The number of carbonyl (C=O) groups is 2. The van der Waals surface area contributed by atoms with E-state index < -0.39 is 11.9 Å². The number of fused-ring (bicyclic) bond motifs is 4. The first-order valence-corrected chi connectivity index (χ1v) is 12.0. The minimum Gasteiger partial charge on any atom is -0.497 e. The van der Waals surface area contributed by atoms with Gasteiger partial charge in [-0.1, -0.05) is 6.07 Å². The Labute approximate surface area is 222 Å². The van der Waals surface area contributed by atoms with Crippen molar-refractivity contribution in [1.82, 2.24) is 0 Å². The van der Waals surface area contributed by atoms with E-state index in [1.807, 2.05) is 0 Å². The first kappa shape index (κ1) is 24.3. The smallest absolute Gasteiger partial charge is 0.312 e. The van der Waals surface area contributed by atoms with E-state index in [-0.39, 0.29) is 40.5 Å². The molecule has 0 saturated carbocycles. The van der Waals surface area contributed by atoms with Crippen LogP contribution in [0.15, 0.2) is 69.8 Å². The van der Waals surface area contributed by atoms with E-state index >= 15 is 0 Å². The number of methoxy groups -OCH3 is 3. The molecule has 39 heavy (non-hydrogen) atoms. The Morgan fingerprint density at radius 3 is 2.46 bits per heavy atom. The summed E-state index contributed by atoms with van der Waals surface area (Å²) in [5.74, 6) is 0.484. The molecule has 2 aliphatic heterocycles. The predicted octanol–water partition coefficient (Wildman–Crippen LogP) is 4.88. The van der Waals surface area contributed by atoms with Gasteiger partial charge in [-0.25, -0.2) is 0 Å². The molecule has 0 saturated heterocycles. The molecule has 4 aromatic rings. The van der Waals surface area contributed by atoms with Crippen molar-refractivity contribution in [2.75, 3.05) is 21.3 Å². The number of Topliss-reactive ketones (excluding diaryl/α,β-unsaturated/α-hetero) is 1. The van der Waals surface area contributed by atoms with Gasteiger partial charge in [-0.3, -0.25) is 14.4 Å². The first-order chi connectivity index (χ1) is 18.9. The first-order valence-electron chi connectivity index (χ1n) is 12.0. The summed E-state index contributed by atoms with van der Waals surface area (Å²) in [5.41, 5.74) is 1.71. The van der Waals surface area contributed by atoms with E-state index in [2.05, 4.69) is 0 Å². The molecule has 0 aliphatic carbocycles. The topological polar surface area (TPSA) is 110 Å². The van der Waals surface area contributed by atoms with Crippen LogP contribution in [0.3, 0.4) is 0 Å². The Kier molecular flexibility index (Phi) is 5.83. The zero-order chi connectivity index (χ0) is 27.3. The fourth-order valence-corrected chi connectivity index (χ4v) is 4.96. The molecular weight excluding hydrogens is 504 g/mol. The summed E-state index contributed by atoms with van der Waals surface area (Å²) in [4.78, 5) is 39.5. The van der Waals surface area contributed by atoms with Gasteiger partial charge in [-0.2, -0.15) is 0 Å². The molecule has 0 fully saturated rings. The van der Waals surface area contributed by atoms with Crippen LogP contribution < -0.4 is 29.1 Å². The molecule has 6 rings (SSSR count). The Morgan fingerprint density at radius 1 is 0.872 bits per heavy atom. The monoisotopic (exact) mass is 526 g/mol. The Hall–Kier alpha value is -5.05. The van der Waals surface area contributed by atoms with Crippen LogP contribution in [-0.4, -0.2) is 33.1 Å². The molecular formula is C30H22O9. The molecule has 9 nitrogen and oxygen atoms in total. The van der Waals surface area contributed by atoms with Crippen LogP contribution >= 0.6 is 0 Å². The van der Waals surface area contributed by atoms with Crippen LogP contribution in [0.2, 0.25) is 0 Å². The average Bonchev–Trinajstić information content (AvgIpc) is 3.27. The van der Waals surface area contributed by atoms with E-state index in [0.717, 1.165) is 0 Å². The van der Waals surface area contributed by atoms with Crippen molar-refractivity contribution in [2.45, 2.75) is 12.3 Å². The lowest BCUT2D eigenvalue weighted by atomic mass is 9.85. The summed E-state index contributed by atoms with van der Waals surface area (Å²) < 4.78 is 33.2. The second-order valence-electron chi connectivity index (χ2n) is 9.02. The summed E-state index contributed by atoms with van der Waals surface area (Å²) >= 11 is 0. The SMILES string of the molecule is COc1ccc2occ(C3CC(=O)Oc4ccc5c(c43)OC(=Cc3ccc(OC)c(OC)c3)C5=O)c(=O)c2c1. The highest BCUT2D eigenvalue weighted by molar-refractivity contribution is 6.15. The minimum atomic E-state index is -0.753. The van der Waals surface area contributed by atoms with Crippen LogP contribution in [-0.2, 0) is 4.79 Å². The predicted molar refractivity (Wildman–Crippen MR) is 140 cm³/mol. The van der Waals surface area contributed by atoms with Crippen molar-refractivity contribution in [2.24, 2.45) is 0 Å². The third-order valence-corrected chi connectivity index (χ3v) is 6.87. The largest absolute Gasteiger partial charge is 0.497 e. The third kappa shape index (κ3) is 3.99. The highest BCUT2D eigenvalue weighted by Gasteiger charge is 2.39. The summed E-state index contributed by atoms with van der Waals surface area (Å²) in [7, 11) is 4.56. The molecule has 0 spiro atoms. The highest BCUT2D eigenvalue weighted by Crippen LogP contribution is 2.48. The van der Waals surface area contributed by atoms with Gasteiger partial charge in [-0.15, -0.1) is 0 Å². The minimum absolute atomic E-state index is 0.0801. The standard InChI is InChI=1S/C30H22O9/c1-34-16-5-8-21-19(12-16)28(32)20(14-37-21)18-13-26(31)38-23-9-6-17-29(33)25(39-30(17)27(18)23)11-15-4-7-22(35-2)24(10-15)36-3/h4-12,14,18H,13H2,1-3H3. The fraction of sp³-hybridized carbons (Fsp3) is 0.167. The van der Waals surface area contributed by atoms with Gasteiger partial charge in [0, 0.05) is 17.0 Å². The fourth-order valence-electron chi connectivity index (χ4n) is 4.96. The maximum Gasteiger partial charge on any atom is 0.312 e. The summed E-state index contributed by atoms with van der Waals surface area (Å²) in [6.45, 7) is 0. The second-order valence-corrected chi connectivity index (χ2v) is 9.02. The normalized spacial score (nSPS) is 16.9. The van der Waals surface area contributed by atoms with E-state index in [0.29, 0.717) is 44.9 Å². The van der Waals surface area contributed by atoms with Gasteiger partial charge in [0.2, 0.25) is 5.78 Å². The van der Waals surface area contributed by atoms with Crippen LogP contribution in [0.5, 0.6) is 28.7 Å². The van der Waals surface area contributed by atoms with E-state index in [1.54, 1.807) is 54.6 Å². The number of allylic oxidation sites excluding steroid dienone is 1. The summed E-state index contributed by atoms with van der Waals surface area (Å²) in [6.07, 6.45) is 2.81. The number of benzene rings is 3. The quantitative estimate of drug-likeness (QED) is 0.204. The van der Waals surface area contributed by atoms with Gasteiger partial charge >= 0.3 is 5.97 Å². The number of ketones is 1. The highest BCUT2D eigenvalue weighted by atomic mass is 16.5. The summed E-state index contributed by atoms with van der Waals surface area (Å²) in [5, 5.41) is 0.311. The van der Waals surface area contributed by atoms with Crippen LogP contribution in [0, 0.1) is 0 Å².